The number of aryl methyl sites for hydroxylation is 1. The first-order chi connectivity index (χ1) is 5.68. The molecule has 64 valence electrons. The van der Waals surface area contributed by atoms with Crippen molar-refractivity contribution in [2.24, 2.45) is 17.8 Å². The summed E-state index contributed by atoms with van der Waals surface area (Å²) in [6.45, 7) is 0. The predicted molar refractivity (Wildman–Crippen MR) is 44.0 cm³/mol. The Morgan fingerprint density at radius 3 is 3.25 bits per heavy atom. The second-order valence-corrected chi connectivity index (χ2v) is 2.59. The third-order valence-corrected chi connectivity index (χ3v) is 1.69. The van der Waals surface area contributed by atoms with Gasteiger partial charge >= 0.3 is 0 Å². The minimum atomic E-state index is -0.590. The number of aliphatic imine (C=N–C) groups is 1. The molecule has 0 amide bonds. The normalized spacial score (nSPS) is 21.2. The van der Waals surface area contributed by atoms with Crippen molar-refractivity contribution in [2.45, 2.75) is 6.29 Å². The number of hydrogen-bond donors (Lipinski definition) is 3. The summed E-state index contributed by atoms with van der Waals surface area (Å²) in [5.74, 6) is 0.576. The molecule has 0 saturated heterocycles. The van der Waals surface area contributed by atoms with Gasteiger partial charge in [0.25, 0.3) is 0 Å². The number of aromatic nitrogens is 2. The van der Waals surface area contributed by atoms with Gasteiger partial charge in [-0.15, -0.1) is 0 Å². The van der Waals surface area contributed by atoms with Gasteiger partial charge in [-0.1, -0.05) is 0 Å². The summed E-state index contributed by atoms with van der Waals surface area (Å²) >= 11 is 0. The monoisotopic (exact) mass is 167 g/mol. The van der Waals surface area contributed by atoms with Crippen LogP contribution in [0.1, 0.15) is 5.69 Å². The highest BCUT2D eigenvalue weighted by Crippen LogP contribution is 2.17. The van der Waals surface area contributed by atoms with Crippen molar-refractivity contribution < 1.29 is 5.11 Å². The fourth-order valence-electron chi connectivity index (χ4n) is 1.13. The molecule has 1 aliphatic rings. The van der Waals surface area contributed by atoms with Crippen LogP contribution in [-0.2, 0) is 7.05 Å². The van der Waals surface area contributed by atoms with E-state index in [0.717, 1.165) is 0 Å². The van der Waals surface area contributed by atoms with E-state index in [1.807, 2.05) is 7.05 Å². The largest absolute Gasteiger partial charge is 0.492 e. The third kappa shape index (κ3) is 0.850. The maximum absolute atomic E-state index is 9.30. The van der Waals surface area contributed by atoms with Crippen molar-refractivity contribution in [1.29, 1.82) is 0 Å². The highest BCUT2D eigenvalue weighted by Gasteiger charge is 2.20. The Kier molecular flexibility index (Phi) is 1.31. The number of nitrogens with two attached hydrogens (primary N) is 1. The van der Waals surface area contributed by atoms with E-state index >= 15 is 0 Å². The number of fused-ring (bicyclic) bond motifs is 1. The van der Waals surface area contributed by atoms with Crippen LogP contribution in [-0.4, -0.2) is 26.8 Å². The number of nitrogens with one attached hydrogen (secondary N) is 1. The second kappa shape index (κ2) is 2.21. The third-order valence-electron chi connectivity index (χ3n) is 1.69. The summed E-state index contributed by atoms with van der Waals surface area (Å²) in [7, 11) is 1.81. The number of imidazole rings is 1. The molecule has 1 aromatic rings. The molecule has 6 heteroatoms. The van der Waals surface area contributed by atoms with Gasteiger partial charge in [0.05, 0.1) is 6.33 Å². The van der Waals surface area contributed by atoms with Crippen LogP contribution >= 0.6 is 0 Å². The van der Waals surface area contributed by atoms with Crippen LogP contribution in [0.2, 0.25) is 0 Å². The predicted octanol–water partition coefficient (Wildman–Crippen LogP) is -0.607. The molecule has 0 saturated carbocycles. The molecule has 6 nitrogen and oxygen atoms in total. The summed E-state index contributed by atoms with van der Waals surface area (Å²) in [6.07, 6.45) is 0.995. The highest BCUT2D eigenvalue weighted by molar-refractivity contribution is 5.96. The summed E-state index contributed by atoms with van der Waals surface area (Å²) in [6, 6.07) is 0. The number of rotatable bonds is 0. The quantitative estimate of drug-likeness (QED) is 0.481. The van der Waals surface area contributed by atoms with E-state index in [1.54, 1.807) is 10.9 Å². The van der Waals surface area contributed by atoms with Gasteiger partial charge in [0.2, 0.25) is 5.90 Å². The van der Waals surface area contributed by atoms with Crippen LogP contribution in [0.25, 0.3) is 0 Å². The van der Waals surface area contributed by atoms with Crippen LogP contribution in [0.5, 0.6) is 0 Å². The molecule has 2 rings (SSSR count). The van der Waals surface area contributed by atoms with E-state index < -0.39 is 6.29 Å². The number of aliphatic hydroxyl groups is 1. The number of hydrogen-bond acceptors (Lipinski definition) is 4. The smallest absolute Gasteiger partial charge is 0.239 e. The molecule has 0 aliphatic carbocycles. The molecule has 1 atom stereocenters. The van der Waals surface area contributed by atoms with Crippen molar-refractivity contribution >= 4 is 11.7 Å². The van der Waals surface area contributed by atoms with Gasteiger partial charge in [-0.2, -0.15) is 0 Å². The molecule has 2 heterocycles. The van der Waals surface area contributed by atoms with Crippen LogP contribution in [0.3, 0.4) is 0 Å². The summed E-state index contributed by atoms with van der Waals surface area (Å²) in [4.78, 5) is 7.64. The Balaban J connectivity index is 2.55. The van der Waals surface area contributed by atoms with Crippen LogP contribution in [0.4, 0.5) is 5.82 Å². The van der Waals surface area contributed by atoms with Gasteiger partial charge in [-0.05, 0) is 0 Å². The fourth-order valence-corrected chi connectivity index (χ4v) is 1.13. The van der Waals surface area contributed by atoms with Crippen molar-refractivity contribution in [3.05, 3.63) is 12.0 Å². The van der Waals surface area contributed by atoms with Crippen LogP contribution < -0.4 is 11.1 Å². The topological polar surface area (TPSA) is 88.5 Å². The molecule has 0 bridgehead atoms. The maximum atomic E-state index is 9.30. The first-order valence-corrected chi connectivity index (χ1v) is 3.49. The first-order valence-electron chi connectivity index (χ1n) is 3.49. The Bertz CT molecular complexity index is 342. The summed E-state index contributed by atoms with van der Waals surface area (Å²) in [5.41, 5.74) is 5.91. The maximum Gasteiger partial charge on any atom is 0.239 e. The number of nitrogens with zero attached hydrogens (tertiary/aromatic N) is 3. The molecule has 1 unspecified atom stereocenters. The number of aliphatic hydroxyl groups excluding tert-OH is 1. The Labute approximate surface area is 68.7 Å². The van der Waals surface area contributed by atoms with E-state index in [2.05, 4.69) is 15.3 Å². The van der Waals surface area contributed by atoms with Crippen molar-refractivity contribution in [2.75, 3.05) is 5.32 Å². The molecule has 0 fully saturated rings. The zero-order valence-electron chi connectivity index (χ0n) is 6.52. The van der Waals surface area contributed by atoms with E-state index in [-0.39, 0.29) is 5.90 Å². The molecule has 0 radical (unpaired) electrons. The molecule has 0 aromatic carbocycles. The van der Waals surface area contributed by atoms with Gasteiger partial charge in [0.1, 0.15) is 5.82 Å². The first kappa shape index (κ1) is 7.11. The Morgan fingerprint density at radius 1 is 1.75 bits per heavy atom. The van der Waals surface area contributed by atoms with Crippen LogP contribution in [0, 0.1) is 0 Å². The van der Waals surface area contributed by atoms with Crippen LogP contribution in [0.15, 0.2) is 11.3 Å². The molecule has 12 heavy (non-hydrogen) atoms. The van der Waals surface area contributed by atoms with Gasteiger partial charge < -0.3 is 15.0 Å². The van der Waals surface area contributed by atoms with E-state index in [1.165, 1.54) is 0 Å². The zero-order valence-corrected chi connectivity index (χ0v) is 6.52. The lowest BCUT2D eigenvalue weighted by molar-refractivity contribution is 0.536. The Hall–Kier alpha value is -1.56. The molecule has 4 N–H and O–H groups in total. The van der Waals surface area contributed by atoms with E-state index in [9.17, 15) is 5.11 Å². The number of anilines is 1. The average Bonchev–Trinajstić information content (AvgIpc) is 2.33. The lowest BCUT2D eigenvalue weighted by Gasteiger charge is -2.17. The minimum absolute atomic E-state index is 0.114. The molecular weight excluding hydrogens is 158 g/mol. The standard InChI is InChI=1S/C6H9N5O/c1-11-2-8-3-4(11)9-6(7)10-5(3)12/h2,6,9H,7H2,1H3,(H,10,12). The average molecular weight is 167 g/mol. The molecule has 0 spiro atoms. The van der Waals surface area contributed by atoms with Gasteiger partial charge in [0.15, 0.2) is 12.0 Å². The van der Waals surface area contributed by atoms with E-state index in [0.29, 0.717) is 11.5 Å². The van der Waals surface area contributed by atoms with Gasteiger partial charge in [-0.3, -0.25) is 5.73 Å². The summed E-state index contributed by atoms with van der Waals surface area (Å²) in [5, 5.41) is 12.2. The van der Waals surface area contributed by atoms with E-state index in [4.69, 9.17) is 5.73 Å². The second-order valence-electron chi connectivity index (χ2n) is 2.59. The lowest BCUT2D eigenvalue weighted by atomic mass is 10.4. The van der Waals surface area contributed by atoms with Crippen molar-refractivity contribution in [3.63, 3.8) is 0 Å². The molecule has 1 aromatic heterocycles. The lowest BCUT2D eigenvalue weighted by Crippen LogP contribution is -2.33. The SMILES string of the molecule is Cn1cnc2c1NC(N)N=C2O. The highest BCUT2D eigenvalue weighted by atomic mass is 16.3. The molecular formula is C6H9N5O. The van der Waals surface area contributed by atoms with Crippen molar-refractivity contribution in [3.8, 4) is 0 Å². The zero-order chi connectivity index (χ0) is 8.72. The summed E-state index contributed by atoms with van der Waals surface area (Å²) < 4.78 is 1.74. The van der Waals surface area contributed by atoms with Gasteiger partial charge in [0, 0.05) is 7.05 Å². The van der Waals surface area contributed by atoms with Crippen molar-refractivity contribution in [1.82, 2.24) is 9.55 Å². The molecule has 1 aliphatic heterocycles. The Morgan fingerprint density at radius 2 is 2.50 bits per heavy atom. The van der Waals surface area contributed by atoms with Gasteiger partial charge in [-0.25, -0.2) is 9.98 Å². The minimum Gasteiger partial charge on any atom is -0.492 e. The fraction of sp³-hybridized carbons (Fsp3) is 0.333.